The number of anilines is 1. The lowest BCUT2D eigenvalue weighted by Crippen LogP contribution is -2.11. The average Bonchev–Trinajstić information content (AvgIpc) is 3.16. The third kappa shape index (κ3) is 4.80. The smallest absolute Gasteiger partial charge is 0.338 e. The predicted octanol–water partition coefficient (Wildman–Crippen LogP) is 4.33. The Bertz CT molecular complexity index is 996. The second kappa shape index (κ2) is 8.75. The van der Waals surface area contributed by atoms with E-state index in [-0.39, 0.29) is 17.5 Å². The first-order valence-electron chi connectivity index (χ1n) is 8.93. The number of nitrogens with zero attached hydrogens (tertiary/aromatic N) is 2. The summed E-state index contributed by atoms with van der Waals surface area (Å²) in [4.78, 5) is 24.5. The van der Waals surface area contributed by atoms with Gasteiger partial charge in [0.05, 0.1) is 5.56 Å². The van der Waals surface area contributed by atoms with Gasteiger partial charge in [-0.3, -0.25) is 4.79 Å². The molecule has 0 saturated heterocycles. The van der Waals surface area contributed by atoms with Crippen LogP contribution in [0.3, 0.4) is 0 Å². The molecule has 1 heterocycles. The maximum absolute atomic E-state index is 12.3. The number of amides is 1. The van der Waals surface area contributed by atoms with E-state index in [1.807, 2.05) is 50.2 Å². The molecule has 0 radical (unpaired) electrons. The molecule has 0 spiro atoms. The predicted molar refractivity (Wildman–Crippen MR) is 109 cm³/mol. The Labute approximate surface area is 167 Å². The van der Waals surface area contributed by atoms with E-state index >= 15 is 0 Å². The van der Waals surface area contributed by atoms with E-state index in [9.17, 15) is 9.59 Å². The van der Waals surface area contributed by atoms with Crippen LogP contribution in [0.5, 0.6) is 0 Å². The van der Waals surface area contributed by atoms with E-state index in [0.29, 0.717) is 16.3 Å². The number of hydrogen-bond donors (Lipinski definition) is 1. The third-order valence-electron chi connectivity index (χ3n) is 4.21. The normalized spacial score (nSPS) is 10.5. The minimum Gasteiger partial charge on any atom is -0.455 e. The summed E-state index contributed by atoms with van der Waals surface area (Å²) in [5.41, 5.74) is 4.35. The molecule has 0 unspecified atom stereocenters. The molecule has 2 aromatic carbocycles. The van der Waals surface area contributed by atoms with E-state index in [0.717, 1.165) is 28.9 Å². The molecule has 0 fully saturated rings. The van der Waals surface area contributed by atoms with Gasteiger partial charge in [-0.15, -0.1) is 10.2 Å². The van der Waals surface area contributed by atoms with Crippen molar-refractivity contribution in [1.29, 1.82) is 0 Å². The molecule has 0 bridgehead atoms. The fraction of sp³-hybridized carbons (Fsp3) is 0.238. The van der Waals surface area contributed by atoms with Gasteiger partial charge in [0.15, 0.2) is 5.01 Å². The van der Waals surface area contributed by atoms with Gasteiger partial charge in [-0.05, 0) is 49.6 Å². The second-order valence-electron chi connectivity index (χ2n) is 6.40. The summed E-state index contributed by atoms with van der Waals surface area (Å²) in [5.74, 6) is -0.761. The number of aryl methyl sites for hydroxylation is 3. The number of benzene rings is 2. The highest BCUT2D eigenvalue weighted by atomic mass is 32.1. The maximum atomic E-state index is 12.3. The first-order chi connectivity index (χ1) is 13.5. The van der Waals surface area contributed by atoms with Crippen LogP contribution < -0.4 is 5.32 Å². The zero-order valence-electron chi connectivity index (χ0n) is 16.0. The number of rotatable bonds is 6. The molecule has 28 heavy (non-hydrogen) atoms. The average molecular weight is 395 g/mol. The SMILES string of the molecule is CCc1ccc(NC(=O)c2nnc(COC(=O)c3ccc(C)cc3C)s2)cc1. The minimum absolute atomic E-state index is 0.0255. The van der Waals surface area contributed by atoms with Gasteiger partial charge in [-0.2, -0.15) is 0 Å². The second-order valence-corrected chi connectivity index (χ2v) is 7.46. The van der Waals surface area contributed by atoms with Crippen molar-refractivity contribution < 1.29 is 14.3 Å². The molecular formula is C21H21N3O3S. The Morgan fingerprint density at radius 3 is 2.50 bits per heavy atom. The molecule has 0 aliphatic carbocycles. The van der Waals surface area contributed by atoms with E-state index in [1.165, 1.54) is 5.56 Å². The summed E-state index contributed by atoms with van der Waals surface area (Å²) in [6.45, 7) is 5.88. The lowest BCUT2D eigenvalue weighted by Gasteiger charge is -2.06. The van der Waals surface area contributed by atoms with Gasteiger partial charge in [0.1, 0.15) is 6.61 Å². The Kier molecular flexibility index (Phi) is 6.16. The molecule has 0 saturated carbocycles. The Morgan fingerprint density at radius 1 is 1.07 bits per heavy atom. The molecule has 0 atom stereocenters. The number of carbonyl (C=O) groups is 2. The minimum atomic E-state index is -0.422. The molecule has 3 aromatic rings. The van der Waals surface area contributed by atoms with Gasteiger partial charge in [-0.1, -0.05) is 48.1 Å². The first-order valence-corrected chi connectivity index (χ1v) is 9.75. The molecule has 3 rings (SSSR count). The summed E-state index contributed by atoms with van der Waals surface area (Å²) < 4.78 is 5.31. The summed E-state index contributed by atoms with van der Waals surface area (Å²) in [6, 6.07) is 13.2. The number of esters is 1. The fourth-order valence-electron chi connectivity index (χ4n) is 2.66. The van der Waals surface area contributed by atoms with Crippen LogP contribution >= 0.6 is 11.3 Å². The molecule has 6 nitrogen and oxygen atoms in total. The van der Waals surface area contributed by atoms with Crippen LogP contribution in [-0.4, -0.2) is 22.1 Å². The van der Waals surface area contributed by atoms with Crippen LogP contribution in [0.4, 0.5) is 5.69 Å². The van der Waals surface area contributed by atoms with E-state index in [4.69, 9.17) is 4.74 Å². The number of hydrogen-bond acceptors (Lipinski definition) is 6. The molecule has 1 N–H and O–H groups in total. The van der Waals surface area contributed by atoms with Gasteiger partial charge in [0.25, 0.3) is 5.91 Å². The topological polar surface area (TPSA) is 81.2 Å². The lowest BCUT2D eigenvalue weighted by molar-refractivity contribution is 0.0470. The zero-order valence-corrected chi connectivity index (χ0v) is 16.8. The van der Waals surface area contributed by atoms with Crippen molar-refractivity contribution in [2.24, 2.45) is 0 Å². The Hall–Kier alpha value is -3.06. The van der Waals surface area contributed by atoms with Crippen molar-refractivity contribution in [1.82, 2.24) is 10.2 Å². The summed E-state index contributed by atoms with van der Waals surface area (Å²) in [7, 11) is 0. The Morgan fingerprint density at radius 2 is 1.82 bits per heavy atom. The van der Waals surface area contributed by atoms with E-state index in [1.54, 1.807) is 6.07 Å². The van der Waals surface area contributed by atoms with Gasteiger partial charge in [0.2, 0.25) is 5.01 Å². The molecule has 0 aliphatic rings. The molecule has 1 amide bonds. The largest absolute Gasteiger partial charge is 0.455 e. The maximum Gasteiger partial charge on any atom is 0.338 e. The summed E-state index contributed by atoms with van der Waals surface area (Å²) in [6.07, 6.45) is 0.939. The van der Waals surface area contributed by atoms with Gasteiger partial charge in [-0.25, -0.2) is 4.79 Å². The number of carbonyl (C=O) groups excluding carboxylic acids is 2. The number of nitrogens with one attached hydrogen (secondary N) is 1. The fourth-order valence-corrected chi connectivity index (χ4v) is 3.31. The summed E-state index contributed by atoms with van der Waals surface area (Å²) in [5, 5.41) is 11.3. The van der Waals surface area contributed by atoms with Gasteiger partial charge >= 0.3 is 5.97 Å². The molecule has 1 aromatic heterocycles. The summed E-state index contributed by atoms with van der Waals surface area (Å²) >= 11 is 1.10. The van der Waals surface area contributed by atoms with Crippen LogP contribution in [0, 0.1) is 13.8 Å². The van der Waals surface area contributed by atoms with E-state index in [2.05, 4.69) is 22.4 Å². The monoisotopic (exact) mass is 395 g/mol. The highest BCUT2D eigenvalue weighted by molar-refractivity contribution is 7.13. The van der Waals surface area contributed by atoms with Crippen LogP contribution in [0.2, 0.25) is 0 Å². The van der Waals surface area contributed by atoms with Crippen molar-refractivity contribution in [3.63, 3.8) is 0 Å². The molecular weight excluding hydrogens is 374 g/mol. The van der Waals surface area contributed by atoms with Gasteiger partial charge in [0, 0.05) is 5.69 Å². The van der Waals surface area contributed by atoms with Crippen LogP contribution in [0.1, 0.15) is 48.8 Å². The van der Waals surface area contributed by atoms with Crippen molar-refractivity contribution >= 4 is 28.9 Å². The van der Waals surface area contributed by atoms with Gasteiger partial charge < -0.3 is 10.1 Å². The van der Waals surface area contributed by atoms with Crippen molar-refractivity contribution in [2.45, 2.75) is 33.8 Å². The van der Waals surface area contributed by atoms with Crippen LogP contribution in [0.15, 0.2) is 42.5 Å². The van der Waals surface area contributed by atoms with Crippen molar-refractivity contribution in [2.75, 3.05) is 5.32 Å². The number of ether oxygens (including phenoxy) is 1. The third-order valence-corrected chi connectivity index (χ3v) is 5.11. The molecule has 0 aliphatic heterocycles. The highest BCUT2D eigenvalue weighted by Crippen LogP contribution is 2.17. The van der Waals surface area contributed by atoms with Crippen LogP contribution in [0.25, 0.3) is 0 Å². The van der Waals surface area contributed by atoms with Crippen molar-refractivity contribution in [3.05, 3.63) is 74.7 Å². The number of aromatic nitrogens is 2. The molecule has 7 heteroatoms. The Balaban J connectivity index is 1.58. The quantitative estimate of drug-likeness (QED) is 0.629. The van der Waals surface area contributed by atoms with E-state index < -0.39 is 5.97 Å². The standard InChI is InChI=1S/C21H21N3O3S/c1-4-15-6-8-16(9-7-15)22-19(25)20-24-23-18(28-20)12-27-21(26)17-10-5-13(2)11-14(17)3/h5-11H,4,12H2,1-3H3,(H,22,25). The first kappa shape index (κ1) is 19.7. The highest BCUT2D eigenvalue weighted by Gasteiger charge is 2.16. The lowest BCUT2D eigenvalue weighted by atomic mass is 10.1. The van der Waals surface area contributed by atoms with Crippen molar-refractivity contribution in [3.8, 4) is 0 Å². The molecule has 144 valence electrons. The van der Waals surface area contributed by atoms with Crippen LogP contribution in [-0.2, 0) is 17.8 Å². The zero-order chi connectivity index (χ0) is 20.1.